The van der Waals surface area contributed by atoms with Gasteiger partial charge in [-0.25, -0.2) is 9.97 Å². The summed E-state index contributed by atoms with van der Waals surface area (Å²) < 4.78 is 7.16. The monoisotopic (exact) mass is 513 g/mol. The van der Waals surface area contributed by atoms with Crippen LogP contribution in [0.2, 0.25) is 0 Å². The van der Waals surface area contributed by atoms with Crippen LogP contribution >= 0.6 is 11.3 Å². The number of likely N-dealkylation sites (N-methyl/N-ethyl adjacent to an activating group) is 1. The molecule has 37 heavy (non-hydrogen) atoms. The molecule has 0 saturated carbocycles. The van der Waals surface area contributed by atoms with Gasteiger partial charge in [-0.15, -0.1) is 11.3 Å². The Morgan fingerprint density at radius 1 is 1.22 bits per heavy atom. The number of H-pyrrole nitrogens is 1. The third kappa shape index (κ3) is 4.91. The predicted octanol–water partition coefficient (Wildman–Crippen LogP) is 4.31. The van der Waals surface area contributed by atoms with E-state index in [1.165, 1.54) is 0 Å². The van der Waals surface area contributed by atoms with Gasteiger partial charge in [0.25, 0.3) is 0 Å². The Morgan fingerprint density at radius 2 is 2.11 bits per heavy atom. The molecule has 10 heteroatoms. The van der Waals surface area contributed by atoms with E-state index in [-0.39, 0.29) is 12.0 Å². The third-order valence-corrected chi connectivity index (χ3v) is 7.47. The van der Waals surface area contributed by atoms with E-state index >= 15 is 0 Å². The van der Waals surface area contributed by atoms with Gasteiger partial charge in [-0.05, 0) is 49.5 Å². The topological polar surface area (TPSA) is 99.3 Å². The van der Waals surface area contributed by atoms with Crippen molar-refractivity contribution >= 4 is 50.0 Å². The second-order valence-corrected chi connectivity index (χ2v) is 10.5. The van der Waals surface area contributed by atoms with Crippen LogP contribution in [0.4, 0.5) is 11.6 Å². The van der Waals surface area contributed by atoms with Crippen LogP contribution in [0.5, 0.6) is 0 Å². The van der Waals surface area contributed by atoms with Gasteiger partial charge < -0.3 is 19.9 Å². The maximum atomic E-state index is 12.2. The Hall–Kier alpha value is -3.86. The predicted molar refractivity (Wildman–Crippen MR) is 147 cm³/mol. The molecular weight excluding hydrogens is 486 g/mol. The summed E-state index contributed by atoms with van der Waals surface area (Å²) in [6.45, 7) is 2.34. The Kier molecular flexibility index (Phi) is 6.29. The number of nitrogens with one attached hydrogen (secondary N) is 2. The molecule has 0 spiro atoms. The first-order chi connectivity index (χ1) is 18.0. The lowest BCUT2D eigenvalue weighted by molar-refractivity contribution is -0.116. The number of rotatable bonds is 6. The number of aromatic amines is 1. The van der Waals surface area contributed by atoms with Crippen LogP contribution in [0.1, 0.15) is 11.7 Å². The molecule has 2 aromatic carbocycles. The number of thiophene rings is 1. The highest BCUT2D eigenvalue weighted by atomic mass is 32.1. The minimum absolute atomic E-state index is 0.0400. The summed E-state index contributed by atoms with van der Waals surface area (Å²) in [5.74, 6) is 0.663. The number of carbonyl (C=O) groups excluding carboxylic acids is 1. The van der Waals surface area contributed by atoms with E-state index in [2.05, 4.69) is 32.5 Å². The van der Waals surface area contributed by atoms with Crippen LogP contribution in [0.3, 0.4) is 0 Å². The van der Waals surface area contributed by atoms with Crippen molar-refractivity contribution in [2.75, 3.05) is 50.6 Å². The smallest absolute Gasteiger partial charge is 0.238 e. The van der Waals surface area contributed by atoms with Gasteiger partial charge in [0.2, 0.25) is 11.9 Å². The zero-order valence-electron chi connectivity index (χ0n) is 20.6. The van der Waals surface area contributed by atoms with Crippen molar-refractivity contribution in [1.29, 1.82) is 0 Å². The summed E-state index contributed by atoms with van der Waals surface area (Å²) in [7, 11) is 3.75. The maximum absolute atomic E-state index is 12.2. The standard InChI is InChI=1S/C27H27N7O2S/c1-33(2)16-26(35)30-18-6-3-5-17(11-18)24-12-22-25(37-24)14-28-27(31-22)34-9-10-36-23(15-34)19-7-4-8-21-20(19)13-29-32-21/h3-8,11-14,23H,9-10,15-16H2,1-2H3,(H,29,32)(H,30,35). The molecule has 188 valence electrons. The fraction of sp³-hybridized carbons (Fsp3) is 0.259. The van der Waals surface area contributed by atoms with Crippen molar-refractivity contribution in [2.24, 2.45) is 0 Å². The van der Waals surface area contributed by atoms with Crippen molar-refractivity contribution in [1.82, 2.24) is 25.1 Å². The average molecular weight is 514 g/mol. The van der Waals surface area contributed by atoms with Gasteiger partial charge >= 0.3 is 0 Å². The van der Waals surface area contributed by atoms with E-state index in [1.54, 1.807) is 11.3 Å². The van der Waals surface area contributed by atoms with Gasteiger partial charge in [0.15, 0.2) is 0 Å². The largest absolute Gasteiger partial charge is 0.370 e. The van der Waals surface area contributed by atoms with E-state index < -0.39 is 0 Å². The molecule has 1 fully saturated rings. The molecule has 6 rings (SSSR count). The van der Waals surface area contributed by atoms with Crippen LogP contribution in [0, 0.1) is 0 Å². The molecule has 2 N–H and O–H groups in total. The zero-order valence-corrected chi connectivity index (χ0v) is 21.5. The molecule has 1 aliphatic rings. The number of carbonyl (C=O) groups is 1. The third-order valence-electron chi connectivity index (χ3n) is 6.36. The van der Waals surface area contributed by atoms with E-state index in [4.69, 9.17) is 14.7 Å². The van der Waals surface area contributed by atoms with Crippen LogP contribution in [-0.4, -0.2) is 71.3 Å². The zero-order chi connectivity index (χ0) is 25.4. The average Bonchev–Trinajstić information content (AvgIpc) is 3.55. The van der Waals surface area contributed by atoms with Gasteiger partial charge in [-0.2, -0.15) is 5.10 Å². The summed E-state index contributed by atoms with van der Waals surface area (Å²) in [6, 6.07) is 16.1. The molecular formula is C27H27N7O2S. The molecule has 0 radical (unpaired) electrons. The first-order valence-electron chi connectivity index (χ1n) is 12.1. The van der Waals surface area contributed by atoms with Gasteiger partial charge in [0.1, 0.15) is 6.10 Å². The second-order valence-electron chi connectivity index (χ2n) is 9.38. The lowest BCUT2D eigenvalue weighted by Gasteiger charge is -2.33. The number of nitrogens with zero attached hydrogens (tertiary/aromatic N) is 5. The van der Waals surface area contributed by atoms with Crippen molar-refractivity contribution in [3.63, 3.8) is 0 Å². The number of aromatic nitrogens is 4. The Bertz CT molecular complexity index is 1580. The molecule has 9 nitrogen and oxygen atoms in total. The minimum atomic E-state index is -0.0853. The molecule has 3 aromatic heterocycles. The summed E-state index contributed by atoms with van der Waals surface area (Å²) >= 11 is 1.64. The normalized spacial score (nSPS) is 16.1. The van der Waals surface area contributed by atoms with Crippen LogP contribution in [0.25, 0.3) is 31.6 Å². The molecule has 1 aliphatic heterocycles. The van der Waals surface area contributed by atoms with Gasteiger partial charge in [-0.1, -0.05) is 24.3 Å². The highest BCUT2D eigenvalue weighted by Crippen LogP contribution is 2.35. The van der Waals surface area contributed by atoms with Crippen molar-refractivity contribution < 1.29 is 9.53 Å². The lowest BCUT2D eigenvalue weighted by Crippen LogP contribution is -2.39. The highest BCUT2D eigenvalue weighted by Gasteiger charge is 2.26. The van der Waals surface area contributed by atoms with Crippen LogP contribution < -0.4 is 10.2 Å². The second kappa shape index (κ2) is 9.89. The molecule has 1 amide bonds. The Labute approximate surface area is 218 Å². The number of hydrogen-bond acceptors (Lipinski definition) is 8. The van der Waals surface area contributed by atoms with E-state index in [9.17, 15) is 4.79 Å². The molecule has 0 aliphatic carbocycles. The summed E-state index contributed by atoms with van der Waals surface area (Å²) in [5.41, 5.74) is 4.84. The van der Waals surface area contributed by atoms with Crippen molar-refractivity contribution in [2.45, 2.75) is 6.10 Å². The SMILES string of the molecule is CN(C)CC(=O)Nc1cccc(-c2cc3nc(N4CCOC(c5cccc6[nH]ncc56)C4)ncc3s2)c1. The van der Waals surface area contributed by atoms with E-state index in [0.29, 0.717) is 25.6 Å². The van der Waals surface area contributed by atoms with Crippen molar-refractivity contribution in [3.8, 4) is 10.4 Å². The molecule has 4 heterocycles. The Morgan fingerprint density at radius 3 is 3.00 bits per heavy atom. The number of morpholine rings is 1. The number of benzene rings is 2. The number of anilines is 2. The van der Waals surface area contributed by atoms with E-state index in [0.717, 1.165) is 49.4 Å². The van der Waals surface area contributed by atoms with Crippen molar-refractivity contribution in [3.05, 3.63) is 66.5 Å². The highest BCUT2D eigenvalue weighted by molar-refractivity contribution is 7.22. The first-order valence-corrected chi connectivity index (χ1v) is 13.0. The summed E-state index contributed by atoms with van der Waals surface area (Å²) in [4.78, 5) is 26.9. The van der Waals surface area contributed by atoms with Gasteiger partial charge in [0, 0.05) is 22.5 Å². The number of amides is 1. The molecule has 1 saturated heterocycles. The molecule has 1 unspecified atom stereocenters. The van der Waals surface area contributed by atoms with Crippen LogP contribution in [-0.2, 0) is 9.53 Å². The molecule has 1 atom stereocenters. The fourth-order valence-electron chi connectivity index (χ4n) is 4.65. The first kappa shape index (κ1) is 23.5. The summed E-state index contributed by atoms with van der Waals surface area (Å²) in [6.07, 6.45) is 3.67. The molecule has 5 aromatic rings. The molecule has 0 bridgehead atoms. The van der Waals surface area contributed by atoms with Gasteiger partial charge in [-0.3, -0.25) is 9.89 Å². The lowest BCUT2D eigenvalue weighted by atomic mass is 10.0. The number of hydrogen-bond donors (Lipinski definition) is 2. The number of ether oxygens (including phenoxy) is 1. The van der Waals surface area contributed by atoms with Crippen LogP contribution in [0.15, 0.2) is 60.9 Å². The minimum Gasteiger partial charge on any atom is -0.370 e. The fourth-order valence-corrected chi connectivity index (χ4v) is 5.62. The van der Waals surface area contributed by atoms with Gasteiger partial charge in [0.05, 0.1) is 47.8 Å². The number of fused-ring (bicyclic) bond motifs is 2. The Balaban J connectivity index is 1.23. The quantitative estimate of drug-likeness (QED) is 0.349. The summed E-state index contributed by atoms with van der Waals surface area (Å²) in [5, 5.41) is 11.3. The van der Waals surface area contributed by atoms with E-state index in [1.807, 2.05) is 67.8 Å². The maximum Gasteiger partial charge on any atom is 0.238 e.